The monoisotopic (exact) mass is 458 g/mol. The first kappa shape index (κ1) is 10.3. The predicted molar refractivity (Wildman–Crippen MR) is 66.3 cm³/mol. The zero-order valence-corrected chi connectivity index (χ0v) is 11.7. The summed E-state index contributed by atoms with van der Waals surface area (Å²) >= 11 is 13.2. The highest BCUT2D eigenvalue weighted by Crippen LogP contribution is 2.38. The zero-order chi connectivity index (χ0) is 8.59. The smallest absolute Gasteiger partial charge is 0.144 e. The summed E-state index contributed by atoms with van der Waals surface area (Å²) in [5.74, 6) is 0.205. The van der Waals surface area contributed by atoms with Crippen LogP contribution in [-0.4, -0.2) is 5.11 Å². The molecule has 0 heterocycles. The molecule has 0 atom stereocenters. The van der Waals surface area contributed by atoms with Gasteiger partial charge in [0, 0.05) is 3.57 Å². The maximum atomic E-state index is 9.37. The molecule has 11 heavy (non-hydrogen) atoms. The van der Waals surface area contributed by atoms with Gasteiger partial charge in [0.1, 0.15) is 5.75 Å². The van der Waals surface area contributed by atoms with Gasteiger partial charge in [-0.15, -0.1) is 0 Å². The van der Waals surface area contributed by atoms with Crippen LogP contribution in [0.1, 0.15) is 0 Å². The fraction of sp³-hybridized carbons (Fsp3) is 0. The molecule has 0 aliphatic heterocycles. The van der Waals surface area contributed by atoms with Crippen LogP contribution in [0.4, 0.5) is 0 Å². The average Bonchev–Trinajstić information content (AvgIpc) is 1.97. The molecule has 0 amide bonds. The number of hydrogen-bond acceptors (Lipinski definition) is 1. The van der Waals surface area contributed by atoms with Gasteiger partial charge in [-0.2, -0.15) is 0 Å². The molecule has 5 heteroatoms. The Hall–Kier alpha value is 1.25. The normalized spacial score (nSPS) is 10.2. The minimum atomic E-state index is 0.205. The largest absolute Gasteiger partial charge is 0.506 e. The Bertz CT molecular complexity index is 277. The summed E-state index contributed by atoms with van der Waals surface area (Å²) < 4.78 is 2.29. The third kappa shape index (κ3) is 2.13. The molecule has 0 unspecified atom stereocenters. The van der Waals surface area contributed by atoms with Crippen LogP contribution in [0.15, 0.2) is 10.5 Å². The molecule has 0 aliphatic rings. The first-order valence-electron chi connectivity index (χ1n) is 2.56. The summed E-state index contributed by atoms with van der Waals surface area (Å²) in [6.07, 6.45) is 0. The van der Waals surface area contributed by atoms with E-state index in [1.807, 2.05) is 28.7 Å². The molecule has 0 bridgehead atoms. The number of phenolic OH excluding ortho intramolecular Hbond substituents is 1. The molecule has 0 spiro atoms. The Morgan fingerprint density at radius 3 is 2.45 bits per heavy atom. The topological polar surface area (TPSA) is 20.2 Å². The van der Waals surface area contributed by atoms with Crippen molar-refractivity contribution in [2.75, 3.05) is 0 Å². The second-order valence-electron chi connectivity index (χ2n) is 1.82. The standard InChI is InChI=1S/C6H2BrClI2O/c7-4-5(8)2(9)1-3(10)6(4)11/h1,11H. The second-order valence-corrected chi connectivity index (χ2v) is 5.31. The van der Waals surface area contributed by atoms with Gasteiger partial charge in [0.25, 0.3) is 0 Å². The van der Waals surface area contributed by atoms with Gasteiger partial charge in [-0.3, -0.25) is 0 Å². The minimum Gasteiger partial charge on any atom is -0.506 e. The molecule has 0 radical (unpaired) electrons. The summed E-state index contributed by atoms with van der Waals surface area (Å²) in [5.41, 5.74) is 0. The van der Waals surface area contributed by atoms with Crippen molar-refractivity contribution in [1.29, 1.82) is 0 Å². The number of halogens is 4. The van der Waals surface area contributed by atoms with Crippen LogP contribution in [0, 0.1) is 7.14 Å². The van der Waals surface area contributed by atoms with Gasteiger partial charge in [0.15, 0.2) is 0 Å². The molecular weight excluding hydrogens is 457 g/mol. The highest BCUT2D eigenvalue weighted by molar-refractivity contribution is 14.1. The first-order chi connectivity index (χ1) is 5.04. The van der Waals surface area contributed by atoms with Gasteiger partial charge in [0.05, 0.1) is 13.1 Å². The van der Waals surface area contributed by atoms with Crippen LogP contribution in [0.3, 0.4) is 0 Å². The van der Waals surface area contributed by atoms with E-state index >= 15 is 0 Å². The van der Waals surface area contributed by atoms with E-state index < -0.39 is 0 Å². The fourth-order valence-electron chi connectivity index (χ4n) is 0.557. The maximum Gasteiger partial charge on any atom is 0.144 e. The van der Waals surface area contributed by atoms with E-state index in [2.05, 4.69) is 38.5 Å². The average molecular weight is 459 g/mol. The van der Waals surface area contributed by atoms with E-state index in [0.717, 1.165) is 7.14 Å². The van der Waals surface area contributed by atoms with Gasteiger partial charge < -0.3 is 5.11 Å². The van der Waals surface area contributed by atoms with Crippen LogP contribution >= 0.6 is 72.7 Å². The van der Waals surface area contributed by atoms with Crippen molar-refractivity contribution in [1.82, 2.24) is 0 Å². The van der Waals surface area contributed by atoms with Crippen molar-refractivity contribution in [2.45, 2.75) is 0 Å². The van der Waals surface area contributed by atoms with E-state index in [1.165, 1.54) is 0 Å². The maximum absolute atomic E-state index is 9.37. The number of benzene rings is 1. The van der Waals surface area contributed by atoms with Crippen LogP contribution < -0.4 is 0 Å². The molecule has 1 aromatic carbocycles. The Morgan fingerprint density at radius 1 is 1.36 bits per heavy atom. The molecule has 1 rings (SSSR count). The van der Waals surface area contributed by atoms with Crippen LogP contribution in [0.25, 0.3) is 0 Å². The van der Waals surface area contributed by atoms with Gasteiger partial charge >= 0.3 is 0 Å². The van der Waals surface area contributed by atoms with E-state index in [1.54, 1.807) is 0 Å². The lowest BCUT2D eigenvalue weighted by molar-refractivity contribution is 0.468. The van der Waals surface area contributed by atoms with E-state index in [-0.39, 0.29) is 5.75 Å². The predicted octanol–water partition coefficient (Wildman–Crippen LogP) is 4.02. The van der Waals surface area contributed by atoms with Gasteiger partial charge in [-0.25, -0.2) is 0 Å². The number of rotatable bonds is 0. The number of hydrogen-bond donors (Lipinski definition) is 1. The summed E-state index contributed by atoms with van der Waals surface area (Å²) in [6.45, 7) is 0. The molecule has 1 aromatic rings. The van der Waals surface area contributed by atoms with Crippen LogP contribution in [0.2, 0.25) is 5.02 Å². The van der Waals surface area contributed by atoms with E-state index in [0.29, 0.717) is 9.50 Å². The summed E-state index contributed by atoms with van der Waals surface area (Å²) in [5, 5.41) is 9.93. The quantitative estimate of drug-likeness (QED) is 0.353. The Balaban J connectivity index is 3.46. The Labute approximate surface area is 105 Å². The highest BCUT2D eigenvalue weighted by Gasteiger charge is 2.10. The SMILES string of the molecule is Oc1c(I)cc(I)c(Cl)c1Br. The molecule has 1 nitrogen and oxygen atoms in total. The third-order valence-electron chi connectivity index (χ3n) is 1.09. The van der Waals surface area contributed by atoms with E-state index in [4.69, 9.17) is 11.6 Å². The first-order valence-corrected chi connectivity index (χ1v) is 5.89. The molecule has 0 saturated heterocycles. The minimum absolute atomic E-state index is 0.205. The van der Waals surface area contributed by atoms with Crippen molar-refractivity contribution in [3.05, 3.63) is 22.7 Å². The van der Waals surface area contributed by atoms with Crippen molar-refractivity contribution >= 4 is 72.7 Å². The van der Waals surface area contributed by atoms with Crippen LogP contribution in [-0.2, 0) is 0 Å². The fourth-order valence-corrected chi connectivity index (χ4v) is 3.63. The van der Waals surface area contributed by atoms with Crippen molar-refractivity contribution in [3.8, 4) is 5.75 Å². The summed E-state index contributed by atoms with van der Waals surface area (Å²) in [7, 11) is 0. The summed E-state index contributed by atoms with van der Waals surface area (Å²) in [6, 6.07) is 1.82. The molecule has 1 N–H and O–H groups in total. The molecule has 60 valence electrons. The van der Waals surface area contributed by atoms with Crippen molar-refractivity contribution in [2.24, 2.45) is 0 Å². The zero-order valence-electron chi connectivity index (χ0n) is 5.04. The lowest BCUT2D eigenvalue weighted by atomic mass is 10.3. The van der Waals surface area contributed by atoms with Gasteiger partial charge in [0.2, 0.25) is 0 Å². The summed E-state index contributed by atoms with van der Waals surface area (Å²) in [4.78, 5) is 0. The lowest BCUT2D eigenvalue weighted by Gasteiger charge is -2.03. The van der Waals surface area contributed by atoms with Gasteiger partial charge in [-0.1, -0.05) is 11.6 Å². The van der Waals surface area contributed by atoms with Crippen LogP contribution in [0.5, 0.6) is 5.75 Å². The lowest BCUT2D eigenvalue weighted by Crippen LogP contribution is -1.81. The molecular formula is C6H2BrClI2O. The van der Waals surface area contributed by atoms with Gasteiger partial charge in [-0.05, 0) is 67.2 Å². The Kier molecular flexibility index (Phi) is 3.73. The molecule has 0 aromatic heterocycles. The third-order valence-corrected chi connectivity index (χ3v) is 4.47. The molecule has 0 aliphatic carbocycles. The molecule has 0 fully saturated rings. The van der Waals surface area contributed by atoms with E-state index in [9.17, 15) is 5.11 Å². The molecule has 0 saturated carbocycles. The number of phenols is 1. The van der Waals surface area contributed by atoms with Crippen molar-refractivity contribution < 1.29 is 5.11 Å². The second kappa shape index (κ2) is 3.97. The van der Waals surface area contributed by atoms with Crippen molar-refractivity contribution in [3.63, 3.8) is 0 Å². The Morgan fingerprint density at radius 2 is 1.91 bits per heavy atom. The highest BCUT2D eigenvalue weighted by atomic mass is 127. The number of aromatic hydroxyl groups is 1.